The van der Waals surface area contributed by atoms with Gasteiger partial charge in [-0.05, 0) is 69.3 Å². The zero-order valence-electron chi connectivity index (χ0n) is 22.0. The monoisotopic (exact) mass is 566 g/mol. The van der Waals surface area contributed by atoms with Gasteiger partial charge in [-0.1, -0.05) is 23.5 Å². The van der Waals surface area contributed by atoms with Crippen LogP contribution in [-0.2, 0) is 21.3 Å². The van der Waals surface area contributed by atoms with Crippen LogP contribution < -0.4 is 9.64 Å². The number of hydrogen-bond acceptors (Lipinski definition) is 8. The fourth-order valence-corrected chi connectivity index (χ4v) is 7.15. The summed E-state index contributed by atoms with van der Waals surface area (Å²) in [4.78, 5) is 24.7. The van der Waals surface area contributed by atoms with Crippen molar-refractivity contribution >= 4 is 42.6 Å². The molecule has 2 aromatic carbocycles. The quantitative estimate of drug-likeness (QED) is 0.304. The lowest BCUT2D eigenvalue weighted by Crippen LogP contribution is -2.48. The molecule has 5 rings (SSSR count). The van der Waals surface area contributed by atoms with E-state index in [1.807, 2.05) is 57.2 Å². The summed E-state index contributed by atoms with van der Waals surface area (Å²) in [5.74, 6) is 0.347. The Kier molecular flexibility index (Phi) is 7.94. The molecule has 1 aliphatic rings. The third-order valence-corrected chi connectivity index (χ3v) is 9.21. The number of ether oxygens (including phenoxy) is 2. The summed E-state index contributed by atoms with van der Waals surface area (Å²) in [6.07, 6.45) is 1.29. The molecule has 11 heteroatoms. The molecular weight excluding hydrogens is 536 g/mol. The number of morpholine rings is 1. The predicted octanol–water partition coefficient (Wildman–Crippen LogP) is 4.73. The molecule has 0 N–H and O–H groups in total. The largest absolute Gasteiger partial charge is 0.492 e. The van der Waals surface area contributed by atoms with Crippen LogP contribution in [-0.4, -0.2) is 60.5 Å². The van der Waals surface area contributed by atoms with E-state index in [0.717, 1.165) is 4.70 Å². The summed E-state index contributed by atoms with van der Waals surface area (Å²) in [5.41, 5.74) is 1.73. The third-order valence-electron chi connectivity index (χ3n) is 6.32. The molecule has 0 aliphatic carbocycles. The molecule has 39 heavy (non-hydrogen) atoms. The standard InChI is InChI=1S/C28H30N4O5S2/c1-4-36-24-9-7-10-25-26(24)30-28(38-25)32(18-22-8-5-6-15-29-22)27(33)21-11-13-23(14-12-21)39(34,35)31-16-19(2)37-20(3)17-31/h5-15,19-20H,4,16-18H2,1-3H3. The van der Waals surface area contributed by atoms with Gasteiger partial charge in [0, 0.05) is 24.8 Å². The van der Waals surface area contributed by atoms with Gasteiger partial charge in [-0.25, -0.2) is 13.4 Å². The van der Waals surface area contributed by atoms with Crippen molar-refractivity contribution in [3.63, 3.8) is 0 Å². The van der Waals surface area contributed by atoms with E-state index in [1.54, 1.807) is 23.2 Å². The summed E-state index contributed by atoms with van der Waals surface area (Å²) in [6, 6.07) is 17.3. The molecule has 4 aromatic rings. The van der Waals surface area contributed by atoms with Crippen LogP contribution in [0.1, 0.15) is 36.8 Å². The van der Waals surface area contributed by atoms with Gasteiger partial charge in [0.15, 0.2) is 5.13 Å². The first-order valence-corrected chi connectivity index (χ1v) is 15.0. The first-order valence-electron chi connectivity index (χ1n) is 12.8. The molecule has 3 heterocycles. The molecule has 0 bridgehead atoms. The van der Waals surface area contributed by atoms with E-state index in [-0.39, 0.29) is 42.6 Å². The van der Waals surface area contributed by atoms with Crippen molar-refractivity contribution in [1.29, 1.82) is 0 Å². The number of anilines is 1. The number of pyridine rings is 1. The number of benzene rings is 2. The van der Waals surface area contributed by atoms with Crippen LogP contribution in [0.25, 0.3) is 10.2 Å². The normalized spacial score (nSPS) is 18.2. The molecule has 0 radical (unpaired) electrons. The maximum atomic E-state index is 13.8. The van der Waals surface area contributed by atoms with Gasteiger partial charge < -0.3 is 9.47 Å². The van der Waals surface area contributed by atoms with E-state index >= 15 is 0 Å². The first kappa shape index (κ1) is 27.2. The van der Waals surface area contributed by atoms with Crippen LogP contribution >= 0.6 is 11.3 Å². The number of fused-ring (bicyclic) bond motifs is 1. The van der Waals surface area contributed by atoms with Crippen molar-refractivity contribution in [1.82, 2.24) is 14.3 Å². The van der Waals surface area contributed by atoms with Crippen molar-refractivity contribution in [2.24, 2.45) is 0 Å². The zero-order chi connectivity index (χ0) is 27.6. The fourth-order valence-electron chi connectivity index (χ4n) is 4.58. The van der Waals surface area contributed by atoms with Crippen molar-refractivity contribution in [2.45, 2.75) is 44.4 Å². The maximum absolute atomic E-state index is 13.8. The zero-order valence-corrected chi connectivity index (χ0v) is 23.6. The minimum absolute atomic E-state index is 0.137. The van der Waals surface area contributed by atoms with Gasteiger partial charge in [0.2, 0.25) is 10.0 Å². The average Bonchev–Trinajstić information content (AvgIpc) is 3.37. The van der Waals surface area contributed by atoms with Crippen molar-refractivity contribution < 1.29 is 22.7 Å². The van der Waals surface area contributed by atoms with Crippen molar-refractivity contribution in [3.05, 3.63) is 78.1 Å². The molecule has 9 nitrogen and oxygen atoms in total. The molecule has 0 spiro atoms. The number of carbonyl (C=O) groups is 1. The number of nitrogens with zero attached hydrogens (tertiary/aromatic N) is 4. The van der Waals surface area contributed by atoms with Gasteiger partial charge in [0.25, 0.3) is 5.91 Å². The Morgan fingerprint density at radius 2 is 1.82 bits per heavy atom. The number of thiazole rings is 1. The Morgan fingerprint density at radius 3 is 2.49 bits per heavy atom. The summed E-state index contributed by atoms with van der Waals surface area (Å²) in [6.45, 7) is 6.89. The number of rotatable bonds is 8. The number of aromatic nitrogens is 2. The smallest absolute Gasteiger partial charge is 0.260 e. The highest BCUT2D eigenvalue weighted by molar-refractivity contribution is 7.89. The summed E-state index contributed by atoms with van der Waals surface area (Å²) < 4.78 is 40.3. The lowest BCUT2D eigenvalue weighted by Gasteiger charge is -2.34. The van der Waals surface area contributed by atoms with E-state index in [1.165, 1.54) is 27.8 Å². The third kappa shape index (κ3) is 5.81. The van der Waals surface area contributed by atoms with Gasteiger partial charge in [0.05, 0.1) is 40.6 Å². The number of hydrogen-bond donors (Lipinski definition) is 0. The van der Waals surface area contributed by atoms with E-state index in [4.69, 9.17) is 14.5 Å². The number of amides is 1. The van der Waals surface area contributed by atoms with E-state index in [0.29, 0.717) is 34.3 Å². The first-order chi connectivity index (χ1) is 18.8. The van der Waals surface area contributed by atoms with Gasteiger partial charge >= 0.3 is 0 Å². The van der Waals surface area contributed by atoms with Crippen molar-refractivity contribution in [3.8, 4) is 5.75 Å². The molecule has 2 atom stereocenters. The summed E-state index contributed by atoms with van der Waals surface area (Å²) in [5, 5.41) is 0.501. The average molecular weight is 567 g/mol. The van der Waals surface area contributed by atoms with Crippen LogP contribution in [0.5, 0.6) is 5.75 Å². The van der Waals surface area contributed by atoms with E-state index < -0.39 is 10.0 Å². The highest BCUT2D eigenvalue weighted by atomic mass is 32.2. The highest BCUT2D eigenvalue weighted by Crippen LogP contribution is 2.35. The second-order valence-electron chi connectivity index (χ2n) is 9.35. The van der Waals surface area contributed by atoms with Gasteiger partial charge in [-0.2, -0.15) is 4.31 Å². The second-order valence-corrected chi connectivity index (χ2v) is 12.3. The molecule has 1 amide bonds. The Labute approximate surface area is 232 Å². The SMILES string of the molecule is CCOc1cccc2sc(N(Cc3ccccn3)C(=O)c3ccc(S(=O)(=O)N4CC(C)OC(C)C4)cc3)nc12. The molecule has 204 valence electrons. The van der Waals surface area contributed by atoms with Crippen LogP contribution in [0.15, 0.2) is 71.8 Å². The van der Waals surface area contributed by atoms with Gasteiger partial charge in [0.1, 0.15) is 11.3 Å². The lowest BCUT2D eigenvalue weighted by atomic mass is 10.2. The summed E-state index contributed by atoms with van der Waals surface area (Å²) >= 11 is 1.39. The van der Waals surface area contributed by atoms with Gasteiger partial charge in [-0.3, -0.25) is 14.7 Å². The highest BCUT2D eigenvalue weighted by Gasteiger charge is 2.32. The van der Waals surface area contributed by atoms with E-state index in [9.17, 15) is 13.2 Å². The molecule has 1 fully saturated rings. The molecular formula is C28H30N4O5S2. The molecule has 0 saturated carbocycles. The molecule has 1 aliphatic heterocycles. The Hall–Kier alpha value is -3.38. The minimum Gasteiger partial charge on any atom is -0.492 e. The fraction of sp³-hybridized carbons (Fsp3) is 0.321. The minimum atomic E-state index is -3.72. The lowest BCUT2D eigenvalue weighted by molar-refractivity contribution is -0.0440. The van der Waals surface area contributed by atoms with Crippen LogP contribution in [0, 0.1) is 0 Å². The van der Waals surface area contributed by atoms with Crippen LogP contribution in [0.2, 0.25) is 0 Å². The number of carbonyl (C=O) groups excluding carboxylic acids is 1. The Balaban J connectivity index is 1.47. The number of para-hydroxylation sites is 1. The molecule has 2 unspecified atom stereocenters. The van der Waals surface area contributed by atoms with Gasteiger partial charge in [-0.15, -0.1) is 0 Å². The van der Waals surface area contributed by atoms with Crippen LogP contribution in [0.4, 0.5) is 5.13 Å². The molecule has 2 aromatic heterocycles. The Morgan fingerprint density at radius 1 is 1.08 bits per heavy atom. The second kappa shape index (κ2) is 11.4. The van der Waals surface area contributed by atoms with Crippen LogP contribution in [0.3, 0.4) is 0 Å². The number of sulfonamides is 1. The van der Waals surface area contributed by atoms with Crippen molar-refractivity contribution in [2.75, 3.05) is 24.6 Å². The maximum Gasteiger partial charge on any atom is 0.260 e. The molecule has 1 saturated heterocycles. The summed E-state index contributed by atoms with van der Waals surface area (Å²) in [7, 11) is -3.72. The topological polar surface area (TPSA) is 102 Å². The predicted molar refractivity (Wildman–Crippen MR) is 151 cm³/mol. The van der Waals surface area contributed by atoms with E-state index in [2.05, 4.69) is 4.98 Å². The Bertz CT molecular complexity index is 1550.